The van der Waals surface area contributed by atoms with Crippen LogP contribution in [0.3, 0.4) is 0 Å². The van der Waals surface area contributed by atoms with Crippen LogP contribution >= 0.6 is 12.4 Å². The van der Waals surface area contributed by atoms with Crippen LogP contribution in [0, 0.1) is 0 Å². The third-order valence-electron chi connectivity index (χ3n) is 4.12. The van der Waals surface area contributed by atoms with Crippen molar-refractivity contribution in [1.82, 2.24) is 9.78 Å². The molecule has 0 saturated heterocycles. The molecule has 0 bridgehead atoms. The van der Waals surface area contributed by atoms with E-state index in [0.29, 0.717) is 17.5 Å². The maximum Gasteiger partial charge on any atom is 0.434 e. The van der Waals surface area contributed by atoms with Crippen LogP contribution in [-0.4, -0.2) is 33.8 Å². The summed E-state index contributed by atoms with van der Waals surface area (Å²) < 4.78 is 45.9. The van der Waals surface area contributed by atoms with Crippen molar-refractivity contribution in [2.75, 3.05) is 11.9 Å². The quantitative estimate of drug-likeness (QED) is 0.727. The average Bonchev–Trinajstić information content (AvgIpc) is 3.19. The van der Waals surface area contributed by atoms with E-state index < -0.39 is 34.8 Å². The van der Waals surface area contributed by atoms with E-state index in [0.717, 1.165) is 6.20 Å². The molecule has 7 nitrogen and oxygen atoms in total. The molecular weight excluding hydrogens is 401 g/mol. The highest BCUT2D eigenvalue weighted by Gasteiger charge is 2.46. The zero-order chi connectivity index (χ0) is 19.8. The van der Waals surface area contributed by atoms with Crippen LogP contribution in [0.2, 0.25) is 0 Å². The van der Waals surface area contributed by atoms with Gasteiger partial charge in [0.1, 0.15) is 5.56 Å². The summed E-state index contributed by atoms with van der Waals surface area (Å²) in [5, 5.41) is 6.28. The highest BCUT2D eigenvalue weighted by Crippen LogP contribution is 2.35. The molecule has 1 aromatic carbocycles. The molecule has 0 unspecified atom stereocenters. The van der Waals surface area contributed by atoms with Crippen LogP contribution in [-0.2, 0) is 15.7 Å². The number of benzene rings is 1. The average molecular weight is 419 g/mol. The van der Waals surface area contributed by atoms with Gasteiger partial charge in [-0.05, 0) is 38.0 Å². The number of hydrogen-bond acceptors (Lipinski definition) is 5. The first-order valence-electron chi connectivity index (χ1n) is 8.19. The minimum absolute atomic E-state index is 0. The lowest BCUT2D eigenvalue weighted by molar-refractivity contribution is -0.143. The molecule has 3 N–H and O–H groups in total. The van der Waals surface area contributed by atoms with Gasteiger partial charge in [-0.25, -0.2) is 9.48 Å². The molecule has 0 radical (unpaired) electrons. The smallest absolute Gasteiger partial charge is 0.434 e. The van der Waals surface area contributed by atoms with Crippen molar-refractivity contribution >= 4 is 30.0 Å². The second-order valence-corrected chi connectivity index (χ2v) is 6.20. The summed E-state index contributed by atoms with van der Waals surface area (Å²) >= 11 is 0. The van der Waals surface area contributed by atoms with Gasteiger partial charge in [-0.2, -0.15) is 18.3 Å². The number of carbonyl (C=O) groups excluding carboxylic acids is 2. The molecule has 0 atom stereocenters. The molecule has 152 valence electrons. The van der Waals surface area contributed by atoms with E-state index in [1.165, 1.54) is 31.2 Å². The van der Waals surface area contributed by atoms with Crippen molar-refractivity contribution in [3.63, 3.8) is 0 Å². The summed E-state index contributed by atoms with van der Waals surface area (Å²) in [5.74, 6) is -1.51. The fourth-order valence-electron chi connectivity index (χ4n) is 2.51. The summed E-state index contributed by atoms with van der Waals surface area (Å²) in [4.78, 5) is 23.9. The van der Waals surface area contributed by atoms with Gasteiger partial charge in [-0.3, -0.25) is 4.79 Å². The van der Waals surface area contributed by atoms with Crippen LogP contribution < -0.4 is 11.1 Å². The first-order valence-corrected chi connectivity index (χ1v) is 8.19. The number of aromatic nitrogens is 2. The van der Waals surface area contributed by atoms with E-state index in [1.807, 2.05) is 0 Å². The van der Waals surface area contributed by atoms with Gasteiger partial charge in [-0.15, -0.1) is 12.4 Å². The highest BCUT2D eigenvalue weighted by atomic mass is 35.5. The van der Waals surface area contributed by atoms with Gasteiger partial charge in [0.05, 0.1) is 24.0 Å². The summed E-state index contributed by atoms with van der Waals surface area (Å²) in [7, 11) is 0. The van der Waals surface area contributed by atoms with Gasteiger partial charge in [0.2, 0.25) is 5.91 Å². The number of nitrogens with two attached hydrogens (primary N) is 1. The summed E-state index contributed by atoms with van der Waals surface area (Å²) in [6.45, 7) is 1.43. The third kappa shape index (κ3) is 4.28. The molecule has 1 aliphatic rings. The maximum absolute atomic E-state index is 13.5. The lowest BCUT2D eigenvalue weighted by atomic mass is 10.2. The molecule has 1 heterocycles. The Morgan fingerprint density at radius 3 is 2.61 bits per heavy atom. The van der Waals surface area contributed by atoms with Crippen molar-refractivity contribution in [1.29, 1.82) is 0 Å². The standard InChI is InChI=1S/C17H17F3N4O3.ClH/c1-2-27-14(25)12-9-22-24(13(12)17(18,19)20)11-5-3-4-10(8-11)23-15(26)16(21)6-7-16;/h3-5,8-9H,2,6-7,21H2,1H3,(H,23,26);1H. The SMILES string of the molecule is CCOC(=O)c1cnn(-c2cccc(NC(=O)C3(N)CC3)c2)c1C(F)(F)F.Cl. The monoisotopic (exact) mass is 418 g/mol. The Kier molecular flexibility index (Phi) is 6.05. The lowest BCUT2D eigenvalue weighted by Crippen LogP contribution is -2.37. The van der Waals surface area contributed by atoms with Gasteiger partial charge in [0, 0.05) is 5.69 Å². The maximum atomic E-state index is 13.5. The van der Waals surface area contributed by atoms with Crippen molar-refractivity contribution < 1.29 is 27.5 Å². The van der Waals surface area contributed by atoms with Crippen molar-refractivity contribution in [3.05, 3.63) is 41.7 Å². The van der Waals surface area contributed by atoms with E-state index in [1.54, 1.807) is 0 Å². The zero-order valence-electron chi connectivity index (χ0n) is 14.7. The number of ether oxygens (including phenoxy) is 1. The highest BCUT2D eigenvalue weighted by molar-refractivity contribution is 6.00. The van der Waals surface area contributed by atoms with E-state index in [9.17, 15) is 22.8 Å². The number of esters is 1. The molecule has 0 aliphatic heterocycles. The molecular formula is C17H18ClF3N4O3. The van der Waals surface area contributed by atoms with Crippen LogP contribution in [0.5, 0.6) is 0 Å². The van der Waals surface area contributed by atoms with Crippen LogP contribution in [0.25, 0.3) is 5.69 Å². The number of carbonyl (C=O) groups is 2. The summed E-state index contributed by atoms with van der Waals surface area (Å²) in [6, 6.07) is 5.69. The van der Waals surface area contributed by atoms with Gasteiger partial charge in [0.15, 0.2) is 5.69 Å². The Morgan fingerprint density at radius 2 is 2.04 bits per heavy atom. The predicted octanol–water partition coefficient (Wildman–Crippen LogP) is 2.92. The number of amides is 1. The van der Waals surface area contributed by atoms with E-state index in [4.69, 9.17) is 5.73 Å². The normalized spacial score (nSPS) is 14.8. The minimum atomic E-state index is -4.84. The minimum Gasteiger partial charge on any atom is -0.462 e. The van der Waals surface area contributed by atoms with E-state index in [2.05, 4.69) is 15.2 Å². The summed E-state index contributed by atoms with van der Waals surface area (Å²) in [5.41, 5.74) is 3.25. The number of nitrogens with zero attached hydrogens (tertiary/aromatic N) is 2. The van der Waals surface area contributed by atoms with Gasteiger partial charge in [0.25, 0.3) is 0 Å². The number of anilines is 1. The first-order chi connectivity index (χ1) is 12.7. The molecule has 11 heteroatoms. The van der Waals surface area contributed by atoms with Crippen LogP contribution in [0.15, 0.2) is 30.5 Å². The largest absolute Gasteiger partial charge is 0.462 e. The number of hydrogen-bond donors (Lipinski definition) is 2. The van der Waals surface area contributed by atoms with Crippen molar-refractivity contribution in [2.45, 2.75) is 31.5 Å². The topological polar surface area (TPSA) is 99.2 Å². The fraction of sp³-hybridized carbons (Fsp3) is 0.353. The Bertz CT molecular complexity index is 894. The Labute approximate surface area is 164 Å². The Morgan fingerprint density at radius 1 is 1.36 bits per heavy atom. The number of halogens is 4. The predicted molar refractivity (Wildman–Crippen MR) is 96.6 cm³/mol. The Hall–Kier alpha value is -2.59. The van der Waals surface area contributed by atoms with Crippen LogP contribution in [0.1, 0.15) is 35.8 Å². The van der Waals surface area contributed by atoms with E-state index in [-0.39, 0.29) is 30.4 Å². The molecule has 1 aliphatic carbocycles. The van der Waals surface area contributed by atoms with Crippen LogP contribution in [0.4, 0.5) is 18.9 Å². The van der Waals surface area contributed by atoms with E-state index >= 15 is 0 Å². The zero-order valence-corrected chi connectivity index (χ0v) is 15.6. The van der Waals surface area contributed by atoms with Gasteiger partial charge >= 0.3 is 12.1 Å². The number of alkyl halides is 3. The second-order valence-electron chi connectivity index (χ2n) is 6.20. The Balaban J connectivity index is 0.00000280. The molecule has 1 fully saturated rings. The first kappa shape index (κ1) is 21.7. The second kappa shape index (κ2) is 7.80. The molecule has 1 saturated carbocycles. The number of nitrogens with one attached hydrogen (secondary N) is 1. The number of rotatable bonds is 5. The van der Waals surface area contributed by atoms with Gasteiger partial charge in [-0.1, -0.05) is 6.07 Å². The third-order valence-corrected chi connectivity index (χ3v) is 4.12. The van der Waals surface area contributed by atoms with Gasteiger partial charge < -0.3 is 15.8 Å². The molecule has 1 aromatic heterocycles. The lowest BCUT2D eigenvalue weighted by Gasteiger charge is -2.14. The molecule has 28 heavy (non-hydrogen) atoms. The van der Waals surface area contributed by atoms with Crippen molar-refractivity contribution in [2.24, 2.45) is 5.73 Å². The molecule has 2 aromatic rings. The molecule has 1 amide bonds. The van der Waals surface area contributed by atoms with Crippen molar-refractivity contribution in [3.8, 4) is 5.69 Å². The molecule has 0 spiro atoms. The fourth-order valence-corrected chi connectivity index (χ4v) is 2.51. The molecule has 3 rings (SSSR count). The summed E-state index contributed by atoms with van der Waals surface area (Å²) in [6.07, 6.45) is -2.92.